The first kappa shape index (κ1) is 10.7. The predicted octanol–water partition coefficient (Wildman–Crippen LogP) is 0.125. The van der Waals surface area contributed by atoms with Crippen LogP contribution in [0.4, 0.5) is 0 Å². The zero-order valence-corrected chi connectivity index (χ0v) is 9.20. The van der Waals surface area contributed by atoms with E-state index in [1.807, 2.05) is 0 Å². The highest BCUT2D eigenvalue weighted by Gasteiger charge is 2.40. The van der Waals surface area contributed by atoms with Gasteiger partial charge in [-0.1, -0.05) is 6.92 Å². The predicted molar refractivity (Wildman–Crippen MR) is 59.4 cm³/mol. The van der Waals surface area contributed by atoms with E-state index in [0.717, 1.165) is 25.8 Å². The molecule has 3 atom stereocenters. The van der Waals surface area contributed by atoms with Crippen LogP contribution < -0.4 is 16.6 Å². The second-order valence-corrected chi connectivity index (χ2v) is 4.24. The maximum absolute atomic E-state index is 5.75. The Labute approximate surface area is 90.4 Å². The van der Waals surface area contributed by atoms with E-state index in [-0.39, 0.29) is 0 Å². The summed E-state index contributed by atoms with van der Waals surface area (Å²) in [5.41, 5.74) is 2.61. The molecule has 15 heavy (non-hydrogen) atoms. The minimum absolute atomic E-state index is 0.357. The minimum Gasteiger partial charge on any atom is -0.373 e. The number of nitrogens with two attached hydrogens (primary N) is 1. The summed E-state index contributed by atoms with van der Waals surface area (Å²) in [4.78, 5) is 4.32. The number of fused-ring (bicyclic) bond motifs is 2. The van der Waals surface area contributed by atoms with Gasteiger partial charge in [-0.25, -0.2) is 5.84 Å². The van der Waals surface area contributed by atoms with Gasteiger partial charge in [-0.2, -0.15) is 0 Å². The third-order valence-electron chi connectivity index (χ3n) is 3.06. The number of hydrazine groups is 1. The zero-order valence-electron chi connectivity index (χ0n) is 9.20. The number of aliphatic imine (C=N–C) groups is 1. The zero-order chi connectivity index (χ0) is 10.7. The smallest absolute Gasteiger partial charge is 0.206 e. The number of hydrogen-bond donors (Lipinski definition) is 3. The molecule has 5 nitrogen and oxygen atoms in total. The molecule has 0 amide bonds. The van der Waals surface area contributed by atoms with Crippen molar-refractivity contribution in [1.82, 2.24) is 10.7 Å². The van der Waals surface area contributed by atoms with Crippen LogP contribution in [-0.4, -0.2) is 30.8 Å². The van der Waals surface area contributed by atoms with Gasteiger partial charge in [-0.05, 0) is 25.7 Å². The number of guanidine groups is 1. The van der Waals surface area contributed by atoms with Crippen molar-refractivity contribution in [1.29, 1.82) is 0 Å². The van der Waals surface area contributed by atoms with E-state index in [2.05, 4.69) is 22.7 Å². The molecule has 3 unspecified atom stereocenters. The van der Waals surface area contributed by atoms with Gasteiger partial charge in [-0.15, -0.1) is 0 Å². The molecule has 2 saturated heterocycles. The molecule has 0 aromatic carbocycles. The lowest BCUT2D eigenvalue weighted by molar-refractivity contribution is 0.0992. The first-order valence-corrected chi connectivity index (χ1v) is 5.76. The van der Waals surface area contributed by atoms with Gasteiger partial charge in [0.15, 0.2) is 0 Å². The van der Waals surface area contributed by atoms with Crippen molar-refractivity contribution in [3.8, 4) is 0 Å². The lowest BCUT2D eigenvalue weighted by Gasteiger charge is -2.21. The fourth-order valence-electron chi connectivity index (χ4n) is 2.32. The fraction of sp³-hybridized carbons (Fsp3) is 0.900. The van der Waals surface area contributed by atoms with Gasteiger partial charge in [0.25, 0.3) is 0 Å². The van der Waals surface area contributed by atoms with E-state index in [0.29, 0.717) is 24.2 Å². The fourth-order valence-corrected chi connectivity index (χ4v) is 2.32. The number of rotatable bonds is 3. The summed E-state index contributed by atoms with van der Waals surface area (Å²) in [6, 6.07) is 0.385. The van der Waals surface area contributed by atoms with Crippen molar-refractivity contribution in [3.63, 3.8) is 0 Å². The molecule has 0 spiro atoms. The van der Waals surface area contributed by atoms with Crippen molar-refractivity contribution >= 4 is 5.96 Å². The molecular formula is C10H20N4O. The molecule has 2 rings (SSSR count). The Morgan fingerprint density at radius 1 is 1.53 bits per heavy atom. The van der Waals surface area contributed by atoms with Gasteiger partial charge >= 0.3 is 0 Å². The summed E-state index contributed by atoms with van der Waals surface area (Å²) in [6.45, 7) is 2.90. The van der Waals surface area contributed by atoms with E-state index < -0.39 is 0 Å². The van der Waals surface area contributed by atoms with Crippen molar-refractivity contribution in [2.24, 2.45) is 10.8 Å². The van der Waals surface area contributed by atoms with Crippen molar-refractivity contribution < 1.29 is 4.74 Å². The van der Waals surface area contributed by atoms with Crippen LogP contribution in [0.15, 0.2) is 4.99 Å². The van der Waals surface area contributed by atoms with Gasteiger partial charge in [-0.3, -0.25) is 10.4 Å². The average molecular weight is 212 g/mol. The lowest BCUT2D eigenvalue weighted by Crippen LogP contribution is -2.49. The molecule has 0 aliphatic carbocycles. The number of nitrogens with one attached hydrogen (secondary N) is 2. The van der Waals surface area contributed by atoms with Crippen LogP contribution in [0.5, 0.6) is 0 Å². The second kappa shape index (κ2) is 4.81. The number of hydrogen-bond acceptors (Lipinski definition) is 3. The van der Waals surface area contributed by atoms with Crippen LogP contribution >= 0.6 is 0 Å². The average Bonchev–Trinajstić information content (AvgIpc) is 2.85. The van der Waals surface area contributed by atoms with Crippen LogP contribution in [0.3, 0.4) is 0 Å². The molecule has 0 aromatic heterocycles. The van der Waals surface area contributed by atoms with E-state index in [9.17, 15) is 0 Å². The summed E-state index contributed by atoms with van der Waals surface area (Å²) >= 11 is 0. The number of ether oxygens (including phenoxy) is 1. The highest BCUT2D eigenvalue weighted by atomic mass is 16.5. The Morgan fingerprint density at radius 3 is 2.93 bits per heavy atom. The Bertz CT molecular complexity index is 244. The molecule has 0 radical (unpaired) electrons. The largest absolute Gasteiger partial charge is 0.373 e. The van der Waals surface area contributed by atoms with Gasteiger partial charge in [0.05, 0.1) is 18.2 Å². The molecule has 5 heteroatoms. The molecule has 0 saturated carbocycles. The van der Waals surface area contributed by atoms with Crippen molar-refractivity contribution in [2.45, 2.75) is 50.9 Å². The third kappa shape index (κ3) is 2.41. The Morgan fingerprint density at radius 2 is 2.40 bits per heavy atom. The second-order valence-electron chi connectivity index (χ2n) is 4.24. The normalized spacial score (nSPS) is 34.5. The van der Waals surface area contributed by atoms with E-state index >= 15 is 0 Å². The van der Waals surface area contributed by atoms with E-state index in [1.165, 1.54) is 6.42 Å². The molecule has 2 fully saturated rings. The SMILES string of the molecule is CCCN=C(NN)NC1CC2CCC1O2. The molecule has 86 valence electrons. The summed E-state index contributed by atoms with van der Waals surface area (Å²) in [5, 5.41) is 3.32. The maximum Gasteiger partial charge on any atom is 0.206 e. The number of nitrogens with zero attached hydrogens (tertiary/aromatic N) is 1. The quantitative estimate of drug-likeness (QED) is 0.269. The summed E-state index contributed by atoms with van der Waals surface area (Å²) < 4.78 is 5.75. The monoisotopic (exact) mass is 212 g/mol. The van der Waals surface area contributed by atoms with Crippen LogP contribution in [0, 0.1) is 0 Å². The summed E-state index contributed by atoms with van der Waals surface area (Å²) in [7, 11) is 0. The highest BCUT2D eigenvalue weighted by molar-refractivity contribution is 5.79. The van der Waals surface area contributed by atoms with Crippen LogP contribution in [0.2, 0.25) is 0 Å². The highest BCUT2D eigenvalue weighted by Crippen LogP contribution is 2.34. The van der Waals surface area contributed by atoms with Gasteiger partial charge in [0.2, 0.25) is 5.96 Å². The van der Waals surface area contributed by atoms with Gasteiger partial charge in [0, 0.05) is 6.54 Å². The molecule has 2 bridgehead atoms. The summed E-state index contributed by atoms with van der Waals surface area (Å²) in [6.07, 6.45) is 5.29. The third-order valence-corrected chi connectivity index (χ3v) is 3.06. The summed E-state index contributed by atoms with van der Waals surface area (Å²) in [5.74, 6) is 6.10. The Hall–Kier alpha value is -0.810. The van der Waals surface area contributed by atoms with E-state index in [4.69, 9.17) is 10.6 Å². The first-order chi connectivity index (χ1) is 7.33. The first-order valence-electron chi connectivity index (χ1n) is 5.76. The molecule has 4 N–H and O–H groups in total. The molecular weight excluding hydrogens is 192 g/mol. The molecule has 0 aromatic rings. The minimum atomic E-state index is 0.357. The van der Waals surface area contributed by atoms with E-state index in [1.54, 1.807) is 0 Å². The molecule has 2 aliphatic rings. The van der Waals surface area contributed by atoms with Crippen LogP contribution in [0.25, 0.3) is 0 Å². The van der Waals surface area contributed by atoms with Gasteiger partial charge < -0.3 is 10.1 Å². The Kier molecular flexibility index (Phi) is 3.43. The molecule has 2 aliphatic heterocycles. The standard InChI is InChI=1S/C10H20N4O/c1-2-5-12-10(14-11)13-8-6-7-3-4-9(8)15-7/h7-9H,2-6,11H2,1H3,(H2,12,13,14). The van der Waals surface area contributed by atoms with Crippen LogP contribution in [-0.2, 0) is 4.74 Å². The van der Waals surface area contributed by atoms with Crippen molar-refractivity contribution in [2.75, 3.05) is 6.54 Å². The van der Waals surface area contributed by atoms with Gasteiger partial charge in [0.1, 0.15) is 0 Å². The topological polar surface area (TPSA) is 71.7 Å². The van der Waals surface area contributed by atoms with Crippen molar-refractivity contribution in [3.05, 3.63) is 0 Å². The maximum atomic E-state index is 5.75. The Balaban J connectivity index is 1.84. The molecule has 2 heterocycles. The van der Waals surface area contributed by atoms with Crippen LogP contribution in [0.1, 0.15) is 32.6 Å². The lowest BCUT2D eigenvalue weighted by atomic mass is 9.96.